The Hall–Kier alpha value is -2.64. The highest BCUT2D eigenvalue weighted by Crippen LogP contribution is 2.43. The molecule has 2 aliphatic rings. The normalized spacial score (nSPS) is 20.5. The summed E-state index contributed by atoms with van der Waals surface area (Å²) in [5, 5.41) is 8.01. The van der Waals surface area contributed by atoms with Gasteiger partial charge < -0.3 is 10.1 Å². The van der Waals surface area contributed by atoms with Crippen molar-refractivity contribution >= 4 is 24.0 Å². The van der Waals surface area contributed by atoms with E-state index < -0.39 is 0 Å². The van der Waals surface area contributed by atoms with Crippen molar-refractivity contribution in [2.75, 3.05) is 13.7 Å². The molecule has 170 valence electrons. The second-order valence-corrected chi connectivity index (χ2v) is 8.69. The zero-order valence-corrected chi connectivity index (χ0v) is 19.6. The molecule has 4 heterocycles. The van der Waals surface area contributed by atoms with E-state index in [1.54, 1.807) is 7.11 Å². The van der Waals surface area contributed by atoms with E-state index in [-0.39, 0.29) is 30.4 Å². The molecule has 2 aromatic heterocycles. The average molecular weight is 456 g/mol. The highest BCUT2D eigenvalue weighted by molar-refractivity contribution is 5.85. The lowest BCUT2D eigenvalue weighted by atomic mass is 9.99. The van der Waals surface area contributed by atoms with Crippen molar-refractivity contribution in [3.8, 4) is 17.0 Å². The number of carbonyl (C=O) groups excluding carboxylic acids is 1. The number of amides is 1. The summed E-state index contributed by atoms with van der Waals surface area (Å²) in [5.74, 6) is 0.946. The lowest BCUT2D eigenvalue weighted by Crippen LogP contribution is -2.46. The molecule has 5 rings (SSSR count). The Morgan fingerprint density at radius 2 is 2.06 bits per heavy atom. The second-order valence-electron chi connectivity index (χ2n) is 8.69. The number of aromatic nitrogens is 3. The lowest BCUT2D eigenvalue weighted by molar-refractivity contribution is -0.123. The van der Waals surface area contributed by atoms with Gasteiger partial charge in [0.05, 0.1) is 25.0 Å². The monoisotopic (exact) mass is 455 g/mol. The number of nitrogens with zero attached hydrogens (tertiary/aromatic N) is 4. The van der Waals surface area contributed by atoms with Crippen molar-refractivity contribution in [2.24, 2.45) is 0 Å². The van der Waals surface area contributed by atoms with Crippen LogP contribution in [0.1, 0.15) is 50.4 Å². The van der Waals surface area contributed by atoms with E-state index in [4.69, 9.17) is 14.8 Å². The third-order valence-electron chi connectivity index (χ3n) is 6.78. The van der Waals surface area contributed by atoms with Crippen LogP contribution in [-0.2, 0) is 11.2 Å². The summed E-state index contributed by atoms with van der Waals surface area (Å²) in [5.41, 5.74) is 5.26. The van der Waals surface area contributed by atoms with Gasteiger partial charge in [0.25, 0.3) is 0 Å². The molecule has 2 bridgehead atoms. The molecule has 7 nitrogen and oxygen atoms in total. The van der Waals surface area contributed by atoms with Crippen LogP contribution in [0.3, 0.4) is 0 Å². The number of carbonyl (C=O) groups is 1. The quantitative estimate of drug-likeness (QED) is 0.612. The van der Waals surface area contributed by atoms with Crippen LogP contribution in [0.2, 0.25) is 0 Å². The molecular formula is C24H30ClN5O2. The molecule has 1 fully saturated rings. The largest absolute Gasteiger partial charge is 0.497 e. The maximum absolute atomic E-state index is 12.5. The number of rotatable bonds is 6. The summed E-state index contributed by atoms with van der Waals surface area (Å²) in [6, 6.07) is 10.8. The molecule has 2 aliphatic heterocycles. The van der Waals surface area contributed by atoms with Gasteiger partial charge in [0.15, 0.2) is 5.65 Å². The molecule has 8 heteroatoms. The van der Waals surface area contributed by atoms with Crippen LogP contribution < -0.4 is 10.1 Å². The SMILES string of the molecule is CCC(C)NC(=O)CN1C2CCC1c1cnc3cc(-c4ccc(OC)cc4)nn3c1C2.Cl. The highest BCUT2D eigenvalue weighted by atomic mass is 35.5. The van der Waals surface area contributed by atoms with Crippen molar-refractivity contribution in [3.63, 3.8) is 0 Å². The lowest BCUT2D eigenvalue weighted by Gasteiger charge is -2.35. The third-order valence-corrected chi connectivity index (χ3v) is 6.78. The molecule has 3 atom stereocenters. The van der Waals surface area contributed by atoms with Gasteiger partial charge in [0, 0.05) is 47.9 Å². The Labute approximate surface area is 194 Å². The number of methoxy groups -OCH3 is 1. The number of fused-ring (bicyclic) bond motifs is 6. The third kappa shape index (κ3) is 3.95. The van der Waals surface area contributed by atoms with Gasteiger partial charge in [-0.15, -0.1) is 12.4 Å². The Bertz CT molecular complexity index is 1110. The van der Waals surface area contributed by atoms with E-state index >= 15 is 0 Å². The summed E-state index contributed by atoms with van der Waals surface area (Å²) in [6.07, 6.45) is 6.00. The summed E-state index contributed by atoms with van der Waals surface area (Å²) in [7, 11) is 1.67. The van der Waals surface area contributed by atoms with E-state index in [1.165, 1.54) is 11.3 Å². The fraction of sp³-hybridized carbons (Fsp3) is 0.458. The summed E-state index contributed by atoms with van der Waals surface area (Å²) >= 11 is 0. The number of halogens is 1. The Kier molecular flexibility index (Phi) is 6.40. The zero-order valence-electron chi connectivity index (χ0n) is 18.7. The van der Waals surface area contributed by atoms with Crippen molar-refractivity contribution < 1.29 is 9.53 Å². The second kappa shape index (κ2) is 9.08. The molecule has 0 radical (unpaired) electrons. The van der Waals surface area contributed by atoms with Crippen molar-refractivity contribution in [3.05, 3.63) is 47.8 Å². The number of ether oxygens (including phenoxy) is 1. The van der Waals surface area contributed by atoms with Gasteiger partial charge in [-0.3, -0.25) is 9.69 Å². The van der Waals surface area contributed by atoms with Gasteiger partial charge in [-0.2, -0.15) is 5.10 Å². The molecule has 1 amide bonds. The number of hydrogen-bond donors (Lipinski definition) is 1. The molecule has 0 saturated carbocycles. The minimum atomic E-state index is 0. The molecule has 1 aromatic carbocycles. The average Bonchev–Trinajstić information content (AvgIpc) is 3.33. The minimum Gasteiger partial charge on any atom is -0.497 e. The van der Waals surface area contributed by atoms with Crippen molar-refractivity contribution in [2.45, 2.75) is 57.7 Å². The fourth-order valence-electron chi connectivity index (χ4n) is 4.92. The van der Waals surface area contributed by atoms with Crippen LogP contribution in [0.25, 0.3) is 16.9 Å². The summed E-state index contributed by atoms with van der Waals surface area (Å²) in [4.78, 5) is 19.6. The molecule has 3 unspecified atom stereocenters. The predicted molar refractivity (Wildman–Crippen MR) is 126 cm³/mol. The van der Waals surface area contributed by atoms with Crippen LogP contribution in [0.4, 0.5) is 0 Å². The molecule has 32 heavy (non-hydrogen) atoms. The van der Waals surface area contributed by atoms with E-state index in [9.17, 15) is 4.79 Å². The van der Waals surface area contributed by atoms with Crippen LogP contribution in [0.5, 0.6) is 5.75 Å². The summed E-state index contributed by atoms with van der Waals surface area (Å²) < 4.78 is 7.27. The van der Waals surface area contributed by atoms with Gasteiger partial charge in [0.2, 0.25) is 5.91 Å². The molecule has 3 aromatic rings. The standard InChI is InChI=1S/C24H29N5O2.ClH/c1-4-15(2)26-24(30)14-28-17-7-10-21(28)19-13-25-23-12-20(27-29(23)22(19)11-17)16-5-8-18(31-3)9-6-16;/h5-6,8-9,12-13,15,17,21H,4,7,10-11,14H2,1-3H3,(H,26,30);1H. The van der Waals surface area contributed by atoms with E-state index in [0.29, 0.717) is 12.6 Å². The van der Waals surface area contributed by atoms with Gasteiger partial charge in [-0.1, -0.05) is 6.92 Å². The highest BCUT2D eigenvalue weighted by Gasteiger charge is 2.42. The summed E-state index contributed by atoms with van der Waals surface area (Å²) in [6.45, 7) is 4.59. The maximum atomic E-state index is 12.5. The predicted octanol–water partition coefficient (Wildman–Crippen LogP) is 3.80. The van der Waals surface area contributed by atoms with Crippen LogP contribution >= 0.6 is 12.4 Å². The number of benzene rings is 1. The van der Waals surface area contributed by atoms with Crippen molar-refractivity contribution in [1.82, 2.24) is 24.8 Å². The molecule has 1 N–H and O–H groups in total. The molecular weight excluding hydrogens is 426 g/mol. The van der Waals surface area contributed by atoms with E-state index in [2.05, 4.69) is 24.1 Å². The molecule has 1 saturated heterocycles. The zero-order chi connectivity index (χ0) is 21.5. The van der Waals surface area contributed by atoms with Crippen molar-refractivity contribution in [1.29, 1.82) is 0 Å². The number of nitrogens with one attached hydrogen (secondary N) is 1. The van der Waals surface area contributed by atoms with Crippen LogP contribution in [0, 0.1) is 0 Å². The van der Waals surface area contributed by atoms with Gasteiger partial charge >= 0.3 is 0 Å². The molecule has 0 aliphatic carbocycles. The Morgan fingerprint density at radius 1 is 1.28 bits per heavy atom. The van der Waals surface area contributed by atoms with Gasteiger partial charge in [-0.25, -0.2) is 9.50 Å². The van der Waals surface area contributed by atoms with Gasteiger partial charge in [0.1, 0.15) is 5.75 Å². The fourth-order valence-corrected chi connectivity index (χ4v) is 4.92. The Morgan fingerprint density at radius 3 is 2.78 bits per heavy atom. The smallest absolute Gasteiger partial charge is 0.234 e. The first-order chi connectivity index (χ1) is 15.1. The first kappa shape index (κ1) is 22.6. The van der Waals surface area contributed by atoms with E-state index in [1.807, 2.05) is 41.0 Å². The first-order valence-corrected chi connectivity index (χ1v) is 11.1. The van der Waals surface area contributed by atoms with Crippen LogP contribution in [-0.4, -0.2) is 51.1 Å². The Balaban J connectivity index is 0.00000245. The number of hydrogen-bond acceptors (Lipinski definition) is 5. The minimum absolute atomic E-state index is 0. The van der Waals surface area contributed by atoms with Gasteiger partial charge in [-0.05, 0) is 50.5 Å². The maximum Gasteiger partial charge on any atom is 0.234 e. The molecule has 0 spiro atoms. The van der Waals surface area contributed by atoms with E-state index in [0.717, 1.165) is 48.3 Å². The first-order valence-electron chi connectivity index (χ1n) is 11.1. The topological polar surface area (TPSA) is 71.8 Å². The van der Waals surface area contributed by atoms with Crippen LogP contribution in [0.15, 0.2) is 36.5 Å².